The molecule has 2 heteroatoms. The van der Waals surface area contributed by atoms with Gasteiger partial charge in [-0.05, 0) is 62.2 Å². The highest BCUT2D eigenvalue weighted by atomic mass is 32.1. The van der Waals surface area contributed by atoms with Gasteiger partial charge in [0.1, 0.15) is 0 Å². The van der Waals surface area contributed by atoms with E-state index in [1.54, 1.807) is 5.56 Å². The molecule has 2 atom stereocenters. The van der Waals surface area contributed by atoms with E-state index in [2.05, 4.69) is 30.7 Å². The van der Waals surface area contributed by atoms with Crippen LogP contribution in [-0.4, -0.2) is 13.6 Å². The summed E-state index contributed by atoms with van der Waals surface area (Å²) in [6.07, 6.45) is 4.21. The Bertz CT molecular complexity index is 292. The Hall–Kier alpha value is -0.340. The van der Waals surface area contributed by atoms with Gasteiger partial charge in [-0.3, -0.25) is 0 Å². The van der Waals surface area contributed by atoms with E-state index in [-0.39, 0.29) is 0 Å². The number of thiophene rings is 1. The molecule has 1 aromatic rings. The first-order valence-electron chi connectivity index (χ1n) is 5.51. The lowest BCUT2D eigenvalue weighted by Crippen LogP contribution is -2.21. The van der Waals surface area contributed by atoms with Gasteiger partial charge in [0, 0.05) is 4.88 Å². The number of rotatable bonds is 3. The van der Waals surface area contributed by atoms with E-state index in [0.717, 1.165) is 11.8 Å². The van der Waals surface area contributed by atoms with Crippen LogP contribution >= 0.6 is 11.3 Å². The molecular weight excluding hydrogens is 190 g/mol. The van der Waals surface area contributed by atoms with Gasteiger partial charge in [0.15, 0.2) is 0 Å². The van der Waals surface area contributed by atoms with Crippen LogP contribution < -0.4 is 5.32 Å². The molecule has 0 bridgehead atoms. The first-order valence-corrected chi connectivity index (χ1v) is 6.39. The lowest BCUT2D eigenvalue weighted by atomic mass is 9.89. The van der Waals surface area contributed by atoms with Crippen molar-refractivity contribution in [2.24, 2.45) is 5.92 Å². The molecule has 1 aliphatic rings. The Morgan fingerprint density at radius 2 is 2.36 bits per heavy atom. The molecule has 78 valence electrons. The van der Waals surface area contributed by atoms with Gasteiger partial charge in [0.05, 0.1) is 0 Å². The molecule has 1 aliphatic carbocycles. The first-order chi connectivity index (χ1) is 6.83. The standard InChI is InChI=1S/C12H19NS/c1-9-11(6-7-14-9)12-5-3-4-10(12)8-13-2/h6-7,10,12-13H,3-5,8H2,1-2H3. The van der Waals surface area contributed by atoms with E-state index < -0.39 is 0 Å². The summed E-state index contributed by atoms with van der Waals surface area (Å²) in [7, 11) is 2.07. The Labute approximate surface area is 90.5 Å². The maximum atomic E-state index is 3.32. The lowest BCUT2D eigenvalue weighted by Gasteiger charge is -2.19. The zero-order valence-electron chi connectivity index (χ0n) is 9.05. The third kappa shape index (κ3) is 1.86. The molecular formula is C12H19NS. The van der Waals surface area contributed by atoms with E-state index in [1.165, 1.54) is 30.7 Å². The van der Waals surface area contributed by atoms with Crippen LogP contribution in [0.4, 0.5) is 0 Å². The van der Waals surface area contributed by atoms with Crippen LogP contribution in [-0.2, 0) is 0 Å². The summed E-state index contributed by atoms with van der Waals surface area (Å²) >= 11 is 1.89. The van der Waals surface area contributed by atoms with Gasteiger partial charge in [0.25, 0.3) is 0 Å². The van der Waals surface area contributed by atoms with Gasteiger partial charge in [0.2, 0.25) is 0 Å². The highest BCUT2D eigenvalue weighted by Crippen LogP contribution is 2.41. The third-order valence-corrected chi connectivity index (χ3v) is 4.29. The molecule has 0 spiro atoms. The van der Waals surface area contributed by atoms with Gasteiger partial charge >= 0.3 is 0 Å². The first kappa shape index (κ1) is 10.2. The van der Waals surface area contributed by atoms with Gasteiger partial charge in [-0.25, -0.2) is 0 Å². The Balaban J connectivity index is 2.13. The minimum atomic E-state index is 0.827. The third-order valence-electron chi connectivity index (χ3n) is 3.42. The second-order valence-corrected chi connectivity index (χ2v) is 5.41. The Morgan fingerprint density at radius 1 is 1.50 bits per heavy atom. The van der Waals surface area contributed by atoms with Crippen LogP contribution in [0.25, 0.3) is 0 Å². The number of hydrogen-bond donors (Lipinski definition) is 1. The highest BCUT2D eigenvalue weighted by Gasteiger charge is 2.29. The summed E-state index contributed by atoms with van der Waals surface area (Å²) in [6.45, 7) is 3.44. The van der Waals surface area contributed by atoms with Crippen LogP contribution in [0, 0.1) is 12.8 Å². The molecule has 0 saturated heterocycles. The van der Waals surface area contributed by atoms with E-state index in [0.29, 0.717) is 0 Å². The number of aryl methyl sites for hydroxylation is 1. The minimum absolute atomic E-state index is 0.827. The summed E-state index contributed by atoms with van der Waals surface area (Å²) in [5, 5.41) is 5.56. The highest BCUT2D eigenvalue weighted by molar-refractivity contribution is 7.10. The second-order valence-electron chi connectivity index (χ2n) is 4.29. The molecule has 1 nitrogen and oxygen atoms in total. The Morgan fingerprint density at radius 3 is 3.00 bits per heavy atom. The zero-order chi connectivity index (χ0) is 9.97. The van der Waals surface area contributed by atoms with E-state index in [1.807, 2.05) is 11.3 Å². The fourth-order valence-electron chi connectivity index (χ4n) is 2.73. The van der Waals surface area contributed by atoms with Crippen LogP contribution in [0.15, 0.2) is 11.4 Å². The molecule has 2 rings (SSSR count). The summed E-state index contributed by atoms with van der Waals surface area (Å²) in [4.78, 5) is 1.53. The second kappa shape index (κ2) is 4.45. The van der Waals surface area contributed by atoms with Crippen molar-refractivity contribution in [3.05, 3.63) is 21.9 Å². The van der Waals surface area contributed by atoms with Gasteiger partial charge in [-0.2, -0.15) is 0 Å². The fourth-order valence-corrected chi connectivity index (χ4v) is 3.51. The van der Waals surface area contributed by atoms with E-state index in [4.69, 9.17) is 0 Å². The summed E-state index contributed by atoms with van der Waals surface area (Å²) in [5.41, 5.74) is 1.62. The van der Waals surface area contributed by atoms with Gasteiger partial charge in [-0.1, -0.05) is 6.42 Å². The molecule has 1 saturated carbocycles. The van der Waals surface area contributed by atoms with Gasteiger partial charge < -0.3 is 5.32 Å². The molecule has 2 unspecified atom stereocenters. The van der Waals surface area contributed by atoms with Crippen LogP contribution in [0.1, 0.15) is 35.6 Å². The maximum Gasteiger partial charge on any atom is 0.00491 e. The van der Waals surface area contributed by atoms with Crippen molar-refractivity contribution in [2.45, 2.75) is 32.1 Å². The molecule has 14 heavy (non-hydrogen) atoms. The zero-order valence-corrected chi connectivity index (χ0v) is 9.86. The summed E-state index contributed by atoms with van der Waals surface area (Å²) in [5.74, 6) is 1.70. The van der Waals surface area contributed by atoms with E-state index in [9.17, 15) is 0 Å². The average Bonchev–Trinajstić information content (AvgIpc) is 2.74. The molecule has 1 fully saturated rings. The van der Waals surface area contributed by atoms with Crippen molar-refractivity contribution < 1.29 is 0 Å². The quantitative estimate of drug-likeness (QED) is 0.806. The van der Waals surface area contributed by atoms with Crippen molar-refractivity contribution in [1.29, 1.82) is 0 Å². The van der Waals surface area contributed by atoms with Crippen LogP contribution in [0.5, 0.6) is 0 Å². The summed E-state index contributed by atoms with van der Waals surface area (Å²) in [6, 6.07) is 2.33. The molecule has 0 aromatic carbocycles. The van der Waals surface area contributed by atoms with Crippen molar-refractivity contribution in [1.82, 2.24) is 5.32 Å². The lowest BCUT2D eigenvalue weighted by molar-refractivity contribution is 0.462. The smallest absolute Gasteiger partial charge is 0.00491 e. The van der Waals surface area contributed by atoms with Gasteiger partial charge in [-0.15, -0.1) is 11.3 Å². The summed E-state index contributed by atoms with van der Waals surface area (Å²) < 4.78 is 0. The predicted molar refractivity (Wildman–Crippen MR) is 63.1 cm³/mol. The van der Waals surface area contributed by atoms with Crippen molar-refractivity contribution >= 4 is 11.3 Å². The fraction of sp³-hybridized carbons (Fsp3) is 0.667. The molecule has 0 radical (unpaired) electrons. The minimum Gasteiger partial charge on any atom is -0.319 e. The molecule has 1 heterocycles. The van der Waals surface area contributed by atoms with Crippen molar-refractivity contribution in [2.75, 3.05) is 13.6 Å². The normalized spacial score (nSPS) is 27.0. The predicted octanol–water partition coefficient (Wildman–Crippen LogP) is 3.16. The SMILES string of the molecule is CNCC1CCCC1c1ccsc1C. The molecule has 0 amide bonds. The van der Waals surface area contributed by atoms with Crippen molar-refractivity contribution in [3.63, 3.8) is 0 Å². The largest absolute Gasteiger partial charge is 0.319 e. The number of hydrogen-bond acceptors (Lipinski definition) is 2. The maximum absolute atomic E-state index is 3.32. The monoisotopic (exact) mass is 209 g/mol. The topological polar surface area (TPSA) is 12.0 Å². The molecule has 0 aliphatic heterocycles. The molecule has 1 aromatic heterocycles. The van der Waals surface area contributed by atoms with Crippen LogP contribution in [0.3, 0.4) is 0 Å². The van der Waals surface area contributed by atoms with Crippen molar-refractivity contribution in [3.8, 4) is 0 Å². The van der Waals surface area contributed by atoms with Crippen LogP contribution in [0.2, 0.25) is 0 Å². The Kier molecular flexibility index (Phi) is 3.24. The van der Waals surface area contributed by atoms with E-state index >= 15 is 0 Å². The average molecular weight is 209 g/mol. The molecule has 1 N–H and O–H groups in total. The number of nitrogens with one attached hydrogen (secondary N) is 1.